The summed E-state index contributed by atoms with van der Waals surface area (Å²) in [6.45, 7) is 3.86. The Labute approximate surface area is 200 Å². The molecule has 3 aromatic carbocycles. The van der Waals surface area contributed by atoms with Crippen molar-refractivity contribution in [3.8, 4) is 5.75 Å². The highest BCUT2D eigenvalue weighted by atomic mass is 32.2. The monoisotopic (exact) mass is 477 g/mol. The van der Waals surface area contributed by atoms with Crippen molar-refractivity contribution in [2.75, 3.05) is 34.2 Å². The van der Waals surface area contributed by atoms with Crippen LogP contribution in [0.4, 0.5) is 17.1 Å². The van der Waals surface area contributed by atoms with Crippen LogP contribution in [0, 0.1) is 6.92 Å². The van der Waals surface area contributed by atoms with Gasteiger partial charge >= 0.3 is 0 Å². The van der Waals surface area contributed by atoms with Crippen LogP contribution in [0.2, 0.25) is 0 Å². The van der Waals surface area contributed by atoms with Gasteiger partial charge in [0, 0.05) is 24.5 Å². The van der Waals surface area contributed by atoms with Crippen molar-refractivity contribution in [2.24, 2.45) is 0 Å². The summed E-state index contributed by atoms with van der Waals surface area (Å²) in [6.07, 6.45) is 1.40. The van der Waals surface area contributed by atoms with Crippen molar-refractivity contribution in [1.82, 2.24) is 0 Å². The maximum absolute atomic E-state index is 13.5. The normalized spacial score (nSPS) is 17.7. The van der Waals surface area contributed by atoms with Crippen molar-refractivity contribution in [3.05, 3.63) is 78.4 Å². The molecule has 0 bridgehead atoms. The van der Waals surface area contributed by atoms with E-state index in [9.17, 15) is 13.2 Å². The molecular formula is C26H27N3O4S. The van der Waals surface area contributed by atoms with Crippen LogP contribution in [-0.2, 0) is 14.8 Å². The Balaban J connectivity index is 1.39. The number of carbonyl (C=O) groups excluding carboxylic acids is 1. The van der Waals surface area contributed by atoms with E-state index in [1.54, 1.807) is 42.5 Å². The van der Waals surface area contributed by atoms with Crippen LogP contribution in [-0.4, -0.2) is 40.1 Å². The van der Waals surface area contributed by atoms with Gasteiger partial charge in [0.15, 0.2) is 6.10 Å². The Bertz CT molecular complexity index is 1290. The van der Waals surface area contributed by atoms with E-state index in [1.165, 1.54) is 17.1 Å². The molecule has 2 aliphatic heterocycles. The molecule has 176 valence electrons. The molecule has 0 saturated carbocycles. The molecule has 3 aromatic rings. The first kappa shape index (κ1) is 22.3. The van der Waals surface area contributed by atoms with E-state index in [4.69, 9.17) is 4.74 Å². The van der Waals surface area contributed by atoms with Gasteiger partial charge in [-0.25, -0.2) is 8.42 Å². The fourth-order valence-electron chi connectivity index (χ4n) is 4.40. The summed E-state index contributed by atoms with van der Waals surface area (Å²) in [6, 6.07) is 21.3. The van der Waals surface area contributed by atoms with Crippen LogP contribution in [0.1, 0.15) is 18.4 Å². The summed E-state index contributed by atoms with van der Waals surface area (Å²) < 4.78 is 34.2. The number of sulfonamides is 1. The Hall–Kier alpha value is -3.52. The topological polar surface area (TPSA) is 79.0 Å². The summed E-state index contributed by atoms with van der Waals surface area (Å²) in [5.74, 6) is -0.0331. The SMILES string of the molecule is Cc1ccc2c(c1)N(S(=O)(=O)c1ccccc1)CC(C(=O)Nc1ccc(N3CCCC3)cc1)O2. The Morgan fingerprint density at radius 2 is 1.68 bits per heavy atom. The highest BCUT2D eigenvalue weighted by molar-refractivity contribution is 7.92. The number of hydrogen-bond acceptors (Lipinski definition) is 5. The minimum Gasteiger partial charge on any atom is -0.476 e. The molecule has 1 fully saturated rings. The number of hydrogen-bond donors (Lipinski definition) is 1. The molecule has 0 aromatic heterocycles. The lowest BCUT2D eigenvalue weighted by atomic mass is 10.1. The molecule has 8 heteroatoms. The smallest absolute Gasteiger partial charge is 0.267 e. The zero-order chi connectivity index (χ0) is 23.7. The van der Waals surface area contributed by atoms with Gasteiger partial charge in [-0.3, -0.25) is 9.10 Å². The van der Waals surface area contributed by atoms with E-state index in [2.05, 4.69) is 10.2 Å². The molecule has 1 atom stereocenters. The minimum atomic E-state index is -3.88. The summed E-state index contributed by atoms with van der Waals surface area (Å²) in [5.41, 5.74) is 3.11. The summed E-state index contributed by atoms with van der Waals surface area (Å²) in [5, 5.41) is 2.88. The van der Waals surface area contributed by atoms with Crippen LogP contribution >= 0.6 is 0 Å². The fraction of sp³-hybridized carbons (Fsp3) is 0.269. The molecule has 0 aliphatic carbocycles. The van der Waals surface area contributed by atoms with Gasteiger partial charge in [0.05, 0.1) is 17.1 Å². The summed E-state index contributed by atoms with van der Waals surface area (Å²) in [7, 11) is -3.88. The standard InChI is InChI=1S/C26H27N3O4S/c1-19-9-14-24-23(17-19)29(34(31,32)22-7-3-2-4-8-22)18-25(33-24)26(30)27-20-10-12-21(13-11-20)28-15-5-6-16-28/h2-4,7-14,17,25H,5-6,15-16,18H2,1H3,(H,27,30). The minimum absolute atomic E-state index is 0.120. The predicted molar refractivity (Wildman–Crippen MR) is 133 cm³/mol. The van der Waals surface area contributed by atoms with Gasteiger partial charge in [0.2, 0.25) is 0 Å². The highest BCUT2D eigenvalue weighted by Gasteiger charge is 2.37. The van der Waals surface area contributed by atoms with Gasteiger partial charge in [-0.15, -0.1) is 0 Å². The zero-order valence-electron chi connectivity index (χ0n) is 19.0. The highest BCUT2D eigenvalue weighted by Crippen LogP contribution is 2.38. The number of anilines is 3. The number of amides is 1. The second-order valence-corrected chi connectivity index (χ2v) is 10.5. The lowest BCUT2D eigenvalue weighted by molar-refractivity contribution is -0.122. The van der Waals surface area contributed by atoms with Crippen molar-refractivity contribution in [1.29, 1.82) is 0 Å². The number of carbonyl (C=O) groups is 1. The predicted octanol–water partition coefficient (Wildman–Crippen LogP) is 4.19. The van der Waals surface area contributed by atoms with E-state index in [1.807, 2.05) is 37.3 Å². The molecule has 1 saturated heterocycles. The third kappa shape index (κ3) is 4.33. The van der Waals surface area contributed by atoms with Crippen LogP contribution in [0.15, 0.2) is 77.7 Å². The van der Waals surface area contributed by atoms with Gasteiger partial charge in [-0.05, 0) is 73.9 Å². The lowest BCUT2D eigenvalue weighted by Gasteiger charge is -2.35. The van der Waals surface area contributed by atoms with Crippen LogP contribution in [0.25, 0.3) is 0 Å². The molecule has 5 rings (SSSR count). The number of aryl methyl sites for hydroxylation is 1. The van der Waals surface area contributed by atoms with Crippen molar-refractivity contribution >= 4 is 33.0 Å². The third-order valence-electron chi connectivity index (χ3n) is 6.21. The molecule has 34 heavy (non-hydrogen) atoms. The van der Waals surface area contributed by atoms with E-state index in [0.717, 1.165) is 24.3 Å². The lowest BCUT2D eigenvalue weighted by Crippen LogP contribution is -2.48. The molecular weight excluding hydrogens is 450 g/mol. The molecule has 2 aliphatic rings. The first-order chi connectivity index (χ1) is 16.4. The van der Waals surface area contributed by atoms with Crippen LogP contribution in [0.5, 0.6) is 5.75 Å². The van der Waals surface area contributed by atoms with Gasteiger partial charge in [0.1, 0.15) is 5.75 Å². The zero-order valence-corrected chi connectivity index (χ0v) is 19.8. The largest absolute Gasteiger partial charge is 0.476 e. The van der Waals surface area contributed by atoms with E-state index in [0.29, 0.717) is 17.1 Å². The first-order valence-corrected chi connectivity index (χ1v) is 12.9. The fourth-order valence-corrected chi connectivity index (χ4v) is 5.89. The molecule has 0 radical (unpaired) electrons. The van der Waals surface area contributed by atoms with Crippen molar-refractivity contribution < 1.29 is 17.9 Å². The quantitative estimate of drug-likeness (QED) is 0.596. The summed E-state index contributed by atoms with van der Waals surface area (Å²) >= 11 is 0. The van der Waals surface area contributed by atoms with Gasteiger partial charge in [0.25, 0.3) is 15.9 Å². The second kappa shape index (κ2) is 9.02. The van der Waals surface area contributed by atoms with Crippen molar-refractivity contribution in [2.45, 2.75) is 30.8 Å². The Kier molecular flexibility index (Phi) is 5.91. The number of rotatable bonds is 5. The number of ether oxygens (including phenoxy) is 1. The van der Waals surface area contributed by atoms with E-state index in [-0.39, 0.29) is 11.4 Å². The van der Waals surface area contributed by atoms with Gasteiger partial charge in [-0.1, -0.05) is 24.3 Å². The van der Waals surface area contributed by atoms with E-state index >= 15 is 0 Å². The number of nitrogens with one attached hydrogen (secondary N) is 1. The Morgan fingerprint density at radius 3 is 2.38 bits per heavy atom. The molecule has 1 N–H and O–H groups in total. The van der Waals surface area contributed by atoms with Gasteiger partial charge < -0.3 is 15.0 Å². The number of benzene rings is 3. The van der Waals surface area contributed by atoms with Crippen molar-refractivity contribution in [3.63, 3.8) is 0 Å². The third-order valence-corrected chi connectivity index (χ3v) is 8.01. The first-order valence-electron chi connectivity index (χ1n) is 11.4. The number of fused-ring (bicyclic) bond motifs is 1. The molecule has 1 amide bonds. The van der Waals surface area contributed by atoms with Crippen LogP contribution < -0.4 is 19.3 Å². The maximum atomic E-state index is 13.5. The number of nitrogens with zero attached hydrogens (tertiary/aromatic N) is 2. The van der Waals surface area contributed by atoms with E-state index < -0.39 is 22.0 Å². The molecule has 0 spiro atoms. The molecule has 2 heterocycles. The Morgan fingerprint density at radius 1 is 0.971 bits per heavy atom. The average molecular weight is 478 g/mol. The van der Waals surface area contributed by atoms with Gasteiger partial charge in [-0.2, -0.15) is 0 Å². The summed E-state index contributed by atoms with van der Waals surface area (Å²) in [4.78, 5) is 15.6. The second-order valence-electron chi connectivity index (χ2n) is 8.66. The molecule has 7 nitrogen and oxygen atoms in total. The average Bonchev–Trinajstić information content (AvgIpc) is 3.39. The molecule has 1 unspecified atom stereocenters. The maximum Gasteiger partial charge on any atom is 0.267 e. The van der Waals surface area contributed by atoms with Crippen LogP contribution in [0.3, 0.4) is 0 Å².